The number of hydrogen-bond donors (Lipinski definition) is 3. The first-order valence-corrected chi connectivity index (χ1v) is 18.3. The van der Waals surface area contributed by atoms with Gasteiger partial charge in [0.25, 0.3) is 0 Å². The number of carboxylic acid groups (broad SMARTS) is 1. The molecule has 6 rings (SSSR count). The van der Waals surface area contributed by atoms with Gasteiger partial charge in [-0.3, -0.25) is 4.79 Å². The van der Waals surface area contributed by atoms with E-state index in [1.54, 1.807) is 0 Å². The molecule has 0 radical (unpaired) electrons. The summed E-state index contributed by atoms with van der Waals surface area (Å²) in [6, 6.07) is 2.09. The lowest BCUT2D eigenvalue weighted by atomic mass is 9.46. The number of benzene rings is 1. The molecule has 1 aliphatic heterocycles. The zero-order valence-corrected chi connectivity index (χ0v) is 29.7. The molecule has 1 aromatic rings. The monoisotopic (exact) mass is 636 g/mol. The van der Waals surface area contributed by atoms with Crippen molar-refractivity contribution >= 4 is 5.97 Å². The van der Waals surface area contributed by atoms with Crippen molar-refractivity contribution in [2.45, 2.75) is 156 Å². The van der Waals surface area contributed by atoms with Crippen LogP contribution < -0.4 is 0 Å². The molecule has 0 unspecified atom stereocenters. The van der Waals surface area contributed by atoms with Gasteiger partial charge in [-0.05, 0) is 104 Å². The molecule has 1 heterocycles. The van der Waals surface area contributed by atoms with Crippen molar-refractivity contribution in [3.8, 4) is 11.5 Å². The first kappa shape index (κ1) is 33.8. The van der Waals surface area contributed by atoms with E-state index in [1.165, 1.54) is 5.57 Å². The Morgan fingerprint density at radius 2 is 1.70 bits per heavy atom. The fraction of sp³-hybridized carbons (Fsp3) is 0.775. The Bertz CT molecular complexity index is 1380. The van der Waals surface area contributed by atoms with Gasteiger partial charge >= 0.3 is 5.97 Å². The number of carbonyl (C=O) groups is 1. The van der Waals surface area contributed by atoms with Crippen LogP contribution in [-0.2, 0) is 19.7 Å². The molecule has 0 spiro atoms. The van der Waals surface area contributed by atoms with E-state index >= 15 is 0 Å². The van der Waals surface area contributed by atoms with Crippen molar-refractivity contribution < 1.29 is 29.6 Å². The fourth-order valence-electron chi connectivity index (χ4n) is 11.9. The summed E-state index contributed by atoms with van der Waals surface area (Å²) in [4.78, 5) is 12.5. The van der Waals surface area contributed by atoms with Crippen LogP contribution in [0.4, 0.5) is 0 Å². The van der Waals surface area contributed by atoms with Crippen molar-refractivity contribution in [2.75, 3.05) is 0 Å². The Morgan fingerprint density at radius 1 is 1.00 bits per heavy atom. The minimum atomic E-state index is -0.655. The fourth-order valence-corrected chi connectivity index (χ4v) is 11.9. The van der Waals surface area contributed by atoms with Crippen molar-refractivity contribution in [2.24, 2.45) is 39.9 Å². The van der Waals surface area contributed by atoms with Gasteiger partial charge in [0.2, 0.25) is 0 Å². The van der Waals surface area contributed by atoms with Crippen molar-refractivity contribution in [3.05, 3.63) is 34.9 Å². The van der Waals surface area contributed by atoms with Gasteiger partial charge in [-0.15, -0.1) is 0 Å². The van der Waals surface area contributed by atoms with Gasteiger partial charge in [0, 0.05) is 28.9 Å². The number of phenols is 2. The highest BCUT2D eigenvalue weighted by atomic mass is 16.7. The molecule has 6 nitrogen and oxygen atoms in total. The lowest BCUT2D eigenvalue weighted by Gasteiger charge is -2.57. The predicted molar refractivity (Wildman–Crippen MR) is 181 cm³/mol. The highest BCUT2D eigenvalue weighted by molar-refractivity contribution is 5.75. The highest BCUT2D eigenvalue weighted by Gasteiger charge is 2.62. The second kappa shape index (κ2) is 11.5. The maximum Gasteiger partial charge on any atom is 0.309 e. The average molecular weight is 637 g/mol. The zero-order valence-electron chi connectivity index (χ0n) is 29.7. The summed E-state index contributed by atoms with van der Waals surface area (Å²) in [5, 5.41) is 33.0. The predicted octanol–water partition coefficient (Wildman–Crippen LogP) is 9.77. The highest BCUT2D eigenvalue weighted by Crippen LogP contribution is 2.66. The van der Waals surface area contributed by atoms with Crippen LogP contribution in [0.5, 0.6) is 11.5 Å². The van der Waals surface area contributed by atoms with Crippen LogP contribution >= 0.6 is 0 Å². The molecule has 10 atom stereocenters. The number of rotatable bonds is 7. The van der Waals surface area contributed by atoms with E-state index in [0.29, 0.717) is 11.8 Å². The lowest BCUT2D eigenvalue weighted by molar-refractivity contribution is -0.164. The topological polar surface area (TPSA) is 96.2 Å². The smallest absolute Gasteiger partial charge is 0.309 e. The number of hydrogen-bond acceptors (Lipinski definition) is 5. The van der Waals surface area contributed by atoms with Gasteiger partial charge in [-0.2, -0.15) is 0 Å². The van der Waals surface area contributed by atoms with Crippen LogP contribution in [0.3, 0.4) is 0 Å². The number of ether oxygens (including phenoxy) is 2. The van der Waals surface area contributed by atoms with E-state index in [1.807, 2.05) is 20.8 Å². The van der Waals surface area contributed by atoms with Crippen LogP contribution in [-0.4, -0.2) is 33.7 Å². The maximum absolute atomic E-state index is 12.5. The van der Waals surface area contributed by atoms with E-state index in [9.17, 15) is 20.1 Å². The first-order valence-electron chi connectivity index (χ1n) is 18.3. The van der Waals surface area contributed by atoms with E-state index in [2.05, 4.69) is 47.3 Å². The standard InChI is InChI=1S/C40H60O6/c1-22(2)25-21-26-30(32(42)31(25)41)40(9)19-10-16-37(5,6)35(40)34-33(26)45-29(46-34)20-23(3)12-14-27-24(4)13-15-28-38(27,7)17-11-18-39(28,8)36(43)44/h21-23,27-29,33-35,41-42H,4,10-20H2,1-3,5-9H3,(H,43,44)/t23-,27+,28+,29+,33+,34+,35-,38-,39+,40+/m0/s1. The third kappa shape index (κ3) is 5.06. The molecule has 0 amide bonds. The maximum atomic E-state index is 12.5. The largest absolute Gasteiger partial charge is 0.504 e. The van der Waals surface area contributed by atoms with Gasteiger partial charge in [0.1, 0.15) is 6.10 Å². The van der Waals surface area contributed by atoms with E-state index < -0.39 is 11.4 Å². The van der Waals surface area contributed by atoms with E-state index in [4.69, 9.17) is 9.47 Å². The zero-order chi connectivity index (χ0) is 33.6. The van der Waals surface area contributed by atoms with Gasteiger partial charge in [0.05, 0.1) is 11.5 Å². The molecule has 4 aliphatic carbocycles. The van der Waals surface area contributed by atoms with Gasteiger partial charge < -0.3 is 24.8 Å². The number of fused-ring (bicyclic) bond motifs is 7. The molecule has 4 fully saturated rings. The number of aromatic hydroxyl groups is 2. The SMILES string of the molecule is C=C1CC[C@@H]2[C@@](C)(CCC[C@@]2(C)C(=O)O)[C@@H]1CC[C@H](C)C[C@H]1O[C@@H]2[C@H](O1)c1cc(C(C)C)c(O)c(O)c1[C@@]1(C)CCCC(C)(C)[C@H]21. The molecular formula is C40H60O6. The Kier molecular flexibility index (Phi) is 8.48. The lowest BCUT2D eigenvalue weighted by Crippen LogP contribution is -2.55. The molecule has 256 valence electrons. The van der Waals surface area contributed by atoms with E-state index in [0.717, 1.165) is 87.3 Å². The van der Waals surface area contributed by atoms with Crippen LogP contribution in [0.2, 0.25) is 0 Å². The molecule has 0 bridgehead atoms. The second-order valence-electron chi connectivity index (χ2n) is 17.9. The molecule has 1 aromatic carbocycles. The molecule has 46 heavy (non-hydrogen) atoms. The molecule has 5 aliphatic rings. The van der Waals surface area contributed by atoms with Gasteiger partial charge in [0.15, 0.2) is 17.8 Å². The Morgan fingerprint density at radius 3 is 2.37 bits per heavy atom. The molecule has 0 aromatic heterocycles. The minimum Gasteiger partial charge on any atom is -0.504 e. The molecule has 6 heteroatoms. The number of aliphatic carboxylic acids is 1. The van der Waals surface area contributed by atoms with Crippen LogP contribution in [0.15, 0.2) is 18.2 Å². The summed E-state index contributed by atoms with van der Waals surface area (Å²) in [5.74, 6) is 0.508. The number of carboxylic acids is 1. The van der Waals surface area contributed by atoms with Crippen molar-refractivity contribution in [1.29, 1.82) is 0 Å². The summed E-state index contributed by atoms with van der Waals surface area (Å²) in [6.07, 6.45) is 9.89. The summed E-state index contributed by atoms with van der Waals surface area (Å²) >= 11 is 0. The summed E-state index contributed by atoms with van der Waals surface area (Å²) in [5.41, 5.74) is 2.91. The molecule has 3 N–H and O–H groups in total. The van der Waals surface area contributed by atoms with Crippen molar-refractivity contribution in [3.63, 3.8) is 0 Å². The Balaban J connectivity index is 1.23. The molecule has 1 saturated heterocycles. The van der Waals surface area contributed by atoms with Crippen LogP contribution in [0.1, 0.15) is 155 Å². The van der Waals surface area contributed by atoms with E-state index in [-0.39, 0.29) is 64.0 Å². The van der Waals surface area contributed by atoms with Gasteiger partial charge in [-0.1, -0.05) is 73.5 Å². The van der Waals surface area contributed by atoms with Crippen LogP contribution in [0.25, 0.3) is 0 Å². The average Bonchev–Trinajstić information content (AvgIpc) is 3.35. The summed E-state index contributed by atoms with van der Waals surface area (Å²) in [6.45, 7) is 22.2. The Labute approximate surface area is 277 Å². The third-order valence-corrected chi connectivity index (χ3v) is 14.2. The second-order valence-corrected chi connectivity index (χ2v) is 17.9. The van der Waals surface area contributed by atoms with Crippen molar-refractivity contribution in [1.82, 2.24) is 0 Å². The summed E-state index contributed by atoms with van der Waals surface area (Å²) < 4.78 is 13.8. The van der Waals surface area contributed by atoms with Gasteiger partial charge in [-0.25, -0.2) is 0 Å². The Hall–Kier alpha value is -2.05. The minimum absolute atomic E-state index is 0.00593. The quantitative estimate of drug-likeness (QED) is 0.204. The third-order valence-electron chi connectivity index (χ3n) is 14.2. The molecular weight excluding hydrogens is 576 g/mol. The van der Waals surface area contributed by atoms with Crippen LogP contribution in [0, 0.1) is 39.9 Å². The summed E-state index contributed by atoms with van der Waals surface area (Å²) in [7, 11) is 0. The number of allylic oxidation sites excluding steroid dienone is 1. The normalized spacial score (nSPS) is 40.5. The molecule has 3 saturated carbocycles. The first-order chi connectivity index (χ1) is 21.5. The number of phenolic OH excluding ortho intramolecular Hbond substituents is 2.